The van der Waals surface area contributed by atoms with Crippen LogP contribution in [-0.2, 0) is 25.8 Å². The second-order valence-corrected chi connectivity index (χ2v) is 9.77. The highest BCUT2D eigenvalue weighted by molar-refractivity contribution is 6.07. The molecule has 2 aliphatic rings. The lowest BCUT2D eigenvalue weighted by Crippen LogP contribution is -2.35. The number of methoxy groups -OCH3 is 1. The minimum Gasteiger partial charge on any atom is -0.493 e. The minimum atomic E-state index is -0.732. The van der Waals surface area contributed by atoms with Gasteiger partial charge in [0.05, 0.1) is 37.4 Å². The van der Waals surface area contributed by atoms with Gasteiger partial charge in [-0.05, 0) is 62.9 Å². The van der Waals surface area contributed by atoms with Gasteiger partial charge in [-0.2, -0.15) is 5.48 Å². The van der Waals surface area contributed by atoms with Crippen molar-refractivity contribution in [1.29, 1.82) is 0 Å². The molecule has 2 aromatic carbocycles. The van der Waals surface area contributed by atoms with E-state index < -0.39 is 17.9 Å². The van der Waals surface area contributed by atoms with Crippen LogP contribution in [0.2, 0.25) is 0 Å². The van der Waals surface area contributed by atoms with E-state index in [0.717, 1.165) is 24.0 Å². The fourth-order valence-corrected chi connectivity index (χ4v) is 4.49. The Morgan fingerprint density at radius 2 is 1.90 bits per heavy atom. The van der Waals surface area contributed by atoms with Gasteiger partial charge in [-0.3, -0.25) is 14.4 Å². The molecule has 0 spiro atoms. The molecule has 0 bridgehead atoms. The molecule has 2 aromatic rings. The number of hydrogen-bond donors (Lipinski definition) is 2. The summed E-state index contributed by atoms with van der Waals surface area (Å²) in [6, 6.07) is 9.83. The van der Waals surface area contributed by atoms with Gasteiger partial charge in [-0.1, -0.05) is 23.8 Å². The van der Waals surface area contributed by atoms with E-state index in [1.807, 2.05) is 13.0 Å². The molecule has 1 aliphatic heterocycles. The molecule has 206 valence electrons. The third kappa shape index (κ3) is 6.57. The molecule has 1 heterocycles. The Morgan fingerprint density at radius 1 is 1.13 bits per heavy atom. The number of rotatable bonds is 10. The molecule has 1 fully saturated rings. The molecule has 1 atom stereocenters. The Kier molecular flexibility index (Phi) is 8.53. The monoisotopic (exact) mass is 535 g/mol. The van der Waals surface area contributed by atoms with Crippen LogP contribution in [0.5, 0.6) is 11.5 Å². The Morgan fingerprint density at radius 3 is 2.56 bits per heavy atom. The molecular weight excluding hydrogens is 502 g/mol. The molecule has 1 unspecified atom stereocenters. The Labute approximate surface area is 227 Å². The zero-order valence-corrected chi connectivity index (χ0v) is 22.5. The van der Waals surface area contributed by atoms with E-state index in [0.29, 0.717) is 34.9 Å². The number of ether oxygens (including phenoxy) is 2. The van der Waals surface area contributed by atoms with Crippen molar-refractivity contribution in [1.82, 2.24) is 10.4 Å². The zero-order chi connectivity index (χ0) is 28.1. The van der Waals surface area contributed by atoms with Crippen molar-refractivity contribution in [3.8, 4) is 11.5 Å². The summed E-state index contributed by atoms with van der Waals surface area (Å²) in [6.07, 6.45) is 2.75. The van der Waals surface area contributed by atoms with Crippen LogP contribution in [0.25, 0.3) is 0 Å². The van der Waals surface area contributed by atoms with Gasteiger partial charge in [0.1, 0.15) is 0 Å². The Balaban J connectivity index is 1.63. The lowest BCUT2D eigenvalue weighted by Gasteiger charge is -2.28. The van der Waals surface area contributed by atoms with Crippen LogP contribution >= 0.6 is 0 Å². The van der Waals surface area contributed by atoms with E-state index in [1.165, 1.54) is 13.2 Å². The highest BCUT2D eigenvalue weighted by Gasteiger charge is 2.38. The van der Waals surface area contributed by atoms with Gasteiger partial charge in [0, 0.05) is 18.5 Å². The van der Waals surface area contributed by atoms with Gasteiger partial charge in [0.2, 0.25) is 5.91 Å². The summed E-state index contributed by atoms with van der Waals surface area (Å²) in [4.78, 5) is 57.5. The first-order valence-electron chi connectivity index (χ1n) is 12.9. The second kappa shape index (κ2) is 12.0. The number of hydroxylamine groups is 1. The number of hydrogen-bond acceptors (Lipinski definition) is 7. The highest BCUT2D eigenvalue weighted by Crippen LogP contribution is 2.40. The lowest BCUT2D eigenvalue weighted by atomic mass is 10.0. The van der Waals surface area contributed by atoms with Crippen molar-refractivity contribution in [2.75, 3.05) is 19.0 Å². The van der Waals surface area contributed by atoms with Gasteiger partial charge in [-0.15, -0.1) is 0 Å². The fraction of sp³-hybridized carbons (Fsp3) is 0.379. The second-order valence-electron chi connectivity index (χ2n) is 9.77. The number of carbonyl (C=O) groups excluding carboxylic acids is 4. The van der Waals surface area contributed by atoms with Crippen molar-refractivity contribution in [3.63, 3.8) is 0 Å². The maximum absolute atomic E-state index is 13.8. The van der Waals surface area contributed by atoms with E-state index in [4.69, 9.17) is 14.3 Å². The largest absolute Gasteiger partial charge is 0.493 e. The lowest BCUT2D eigenvalue weighted by molar-refractivity contribution is -0.154. The van der Waals surface area contributed by atoms with Crippen molar-refractivity contribution < 1.29 is 33.5 Å². The van der Waals surface area contributed by atoms with Crippen LogP contribution < -0.4 is 20.3 Å². The quantitative estimate of drug-likeness (QED) is 0.347. The number of allylic oxidation sites excluding steroid dienone is 1. The SMILES string of the molecule is CCOc1cc(C(CC(=O)NOC(=O)C=C(C)C)N2Cc3cccc(NC(=O)C4CC4)c3C2=O)ccc1OC. The average molecular weight is 536 g/mol. The number of amides is 3. The Bertz CT molecular complexity index is 1310. The standard InChI is InChI=1S/C29H33N3O7/c1-5-38-24-14-19(11-12-23(24)37-4)22(15-25(33)31-39-26(34)13-17(2)3)32-16-20-7-6-8-21(27(20)29(32)36)30-28(35)18-9-10-18/h6-8,11-14,18,22H,5,9-10,15-16H2,1-4H3,(H,30,35)(H,31,33). The molecule has 1 aliphatic carbocycles. The summed E-state index contributed by atoms with van der Waals surface area (Å²) in [6.45, 7) is 5.93. The Hall–Kier alpha value is -4.34. The van der Waals surface area contributed by atoms with Crippen molar-refractivity contribution in [2.45, 2.75) is 52.6 Å². The van der Waals surface area contributed by atoms with Gasteiger partial charge >= 0.3 is 5.97 Å². The topological polar surface area (TPSA) is 123 Å². The predicted octanol–water partition coefficient (Wildman–Crippen LogP) is 4.07. The zero-order valence-electron chi connectivity index (χ0n) is 22.5. The molecule has 4 rings (SSSR count). The van der Waals surface area contributed by atoms with Crippen molar-refractivity contribution >= 4 is 29.4 Å². The van der Waals surface area contributed by atoms with Crippen LogP contribution in [0.1, 0.15) is 67.6 Å². The van der Waals surface area contributed by atoms with Crippen molar-refractivity contribution in [3.05, 3.63) is 64.7 Å². The third-order valence-corrected chi connectivity index (χ3v) is 6.47. The molecule has 0 saturated heterocycles. The summed E-state index contributed by atoms with van der Waals surface area (Å²) >= 11 is 0. The van der Waals surface area contributed by atoms with Gasteiger partial charge < -0.3 is 24.5 Å². The van der Waals surface area contributed by atoms with Gasteiger partial charge in [0.25, 0.3) is 11.8 Å². The molecule has 1 saturated carbocycles. The van der Waals surface area contributed by atoms with Crippen LogP contribution in [0.4, 0.5) is 5.69 Å². The highest BCUT2D eigenvalue weighted by atomic mass is 16.7. The molecule has 10 nitrogen and oxygen atoms in total. The molecule has 39 heavy (non-hydrogen) atoms. The number of nitrogens with one attached hydrogen (secondary N) is 2. The van der Waals surface area contributed by atoms with Crippen LogP contribution in [-0.4, -0.2) is 42.3 Å². The molecule has 0 aromatic heterocycles. The van der Waals surface area contributed by atoms with Gasteiger partial charge in [0.15, 0.2) is 11.5 Å². The van der Waals surface area contributed by atoms with Crippen LogP contribution in [0, 0.1) is 5.92 Å². The summed E-state index contributed by atoms with van der Waals surface area (Å²) in [5.41, 5.74) is 5.15. The van der Waals surface area contributed by atoms with Gasteiger partial charge in [-0.25, -0.2) is 4.79 Å². The number of carbonyl (C=O) groups is 4. The number of benzene rings is 2. The average Bonchev–Trinajstić information content (AvgIpc) is 3.70. The summed E-state index contributed by atoms with van der Waals surface area (Å²) in [5, 5.41) is 2.90. The van der Waals surface area contributed by atoms with Crippen LogP contribution in [0.3, 0.4) is 0 Å². The first-order valence-corrected chi connectivity index (χ1v) is 12.9. The number of nitrogens with zero attached hydrogens (tertiary/aromatic N) is 1. The first kappa shape index (κ1) is 27.7. The summed E-state index contributed by atoms with van der Waals surface area (Å²) < 4.78 is 11.1. The molecule has 3 amide bonds. The normalized spacial score (nSPS) is 14.7. The van der Waals surface area contributed by atoms with E-state index in [9.17, 15) is 19.2 Å². The van der Waals surface area contributed by atoms with E-state index >= 15 is 0 Å². The van der Waals surface area contributed by atoms with E-state index in [-0.39, 0.29) is 30.7 Å². The van der Waals surface area contributed by atoms with E-state index in [1.54, 1.807) is 49.1 Å². The van der Waals surface area contributed by atoms with Crippen LogP contribution in [0.15, 0.2) is 48.0 Å². The van der Waals surface area contributed by atoms with E-state index in [2.05, 4.69) is 10.8 Å². The first-order chi connectivity index (χ1) is 18.7. The summed E-state index contributed by atoms with van der Waals surface area (Å²) in [5.74, 6) is -0.737. The summed E-state index contributed by atoms with van der Waals surface area (Å²) in [7, 11) is 1.53. The third-order valence-electron chi connectivity index (χ3n) is 6.47. The molecule has 10 heteroatoms. The molecule has 0 radical (unpaired) electrons. The fourth-order valence-electron chi connectivity index (χ4n) is 4.49. The molecule has 2 N–H and O–H groups in total. The molecular formula is C29H33N3O7. The number of anilines is 1. The van der Waals surface area contributed by atoms with Crippen molar-refractivity contribution in [2.24, 2.45) is 5.92 Å². The number of fused-ring (bicyclic) bond motifs is 1. The maximum atomic E-state index is 13.8. The maximum Gasteiger partial charge on any atom is 0.355 e. The smallest absolute Gasteiger partial charge is 0.355 e. The minimum absolute atomic E-state index is 0.0183. The predicted molar refractivity (Wildman–Crippen MR) is 143 cm³/mol.